The summed E-state index contributed by atoms with van der Waals surface area (Å²) in [7, 11) is -3.87. The number of nitrogens with one attached hydrogen (secondary N) is 2. The number of ether oxygens (including phenoxy) is 1. The summed E-state index contributed by atoms with van der Waals surface area (Å²) in [6.07, 6.45) is 0. The third-order valence-corrected chi connectivity index (χ3v) is 6.45. The van der Waals surface area contributed by atoms with Crippen molar-refractivity contribution in [2.45, 2.75) is 18.7 Å². The first-order valence-electron chi connectivity index (χ1n) is 10.1. The zero-order chi connectivity index (χ0) is 22.7. The predicted molar refractivity (Wildman–Crippen MR) is 125 cm³/mol. The van der Waals surface area contributed by atoms with E-state index in [1.807, 2.05) is 19.1 Å². The smallest absolute Gasteiger partial charge is 0.261 e. The molecule has 0 atom stereocenters. The van der Waals surface area contributed by atoms with Crippen LogP contribution in [0.3, 0.4) is 0 Å². The van der Waals surface area contributed by atoms with Gasteiger partial charge in [-0.25, -0.2) is 13.4 Å². The van der Waals surface area contributed by atoms with Crippen LogP contribution in [-0.2, 0) is 14.8 Å². The monoisotopic (exact) mass is 449 g/mol. The minimum Gasteiger partial charge on any atom is -0.475 e. The number of hydrogen-bond donors (Lipinski definition) is 2. The average Bonchev–Trinajstić information content (AvgIpc) is 3.29. The van der Waals surface area contributed by atoms with Crippen molar-refractivity contribution in [3.8, 4) is 0 Å². The van der Waals surface area contributed by atoms with Gasteiger partial charge in [-0.15, -0.1) is 0 Å². The fourth-order valence-corrected chi connectivity index (χ4v) is 4.51. The fourth-order valence-electron chi connectivity index (χ4n) is 3.44. The molecule has 7 nitrogen and oxygen atoms in total. The second-order valence-electron chi connectivity index (χ2n) is 7.45. The van der Waals surface area contributed by atoms with E-state index in [2.05, 4.69) is 15.0 Å². The molecule has 1 amide bonds. The highest BCUT2D eigenvalue weighted by Gasteiger charge is 2.22. The van der Waals surface area contributed by atoms with Crippen molar-refractivity contribution in [2.24, 2.45) is 4.99 Å². The molecule has 0 spiro atoms. The van der Waals surface area contributed by atoms with Crippen molar-refractivity contribution in [1.82, 2.24) is 0 Å². The number of carbonyl (C=O) groups excluding carboxylic acids is 1. The van der Waals surface area contributed by atoms with Gasteiger partial charge >= 0.3 is 0 Å². The van der Waals surface area contributed by atoms with E-state index in [9.17, 15) is 13.2 Å². The first-order valence-corrected chi connectivity index (χ1v) is 11.6. The molecule has 0 saturated heterocycles. The van der Waals surface area contributed by atoms with Gasteiger partial charge in [0.15, 0.2) is 0 Å². The third-order valence-electron chi connectivity index (χ3n) is 5.07. The molecule has 32 heavy (non-hydrogen) atoms. The molecule has 0 unspecified atom stereocenters. The molecule has 3 aromatic carbocycles. The molecule has 8 heteroatoms. The Hall–Kier alpha value is -3.65. The number of amides is 1. The number of carbonyl (C=O) groups is 1. The van der Waals surface area contributed by atoms with Crippen LogP contribution >= 0.6 is 0 Å². The molecule has 164 valence electrons. The molecule has 1 heterocycles. The number of nitrogens with zero attached hydrogens (tertiary/aromatic N) is 1. The summed E-state index contributed by atoms with van der Waals surface area (Å²) < 4.78 is 33.9. The number of para-hydroxylation sites is 1. The maximum Gasteiger partial charge on any atom is 0.261 e. The van der Waals surface area contributed by atoms with Crippen molar-refractivity contribution in [3.63, 3.8) is 0 Å². The Morgan fingerprint density at radius 2 is 1.66 bits per heavy atom. The number of aliphatic imine (C=N–C) groups is 1. The summed E-state index contributed by atoms with van der Waals surface area (Å²) >= 11 is 0. The van der Waals surface area contributed by atoms with Crippen LogP contribution in [0.1, 0.15) is 27.0 Å². The van der Waals surface area contributed by atoms with Crippen molar-refractivity contribution < 1.29 is 17.9 Å². The van der Waals surface area contributed by atoms with Gasteiger partial charge in [-0.1, -0.05) is 42.0 Å². The summed E-state index contributed by atoms with van der Waals surface area (Å²) in [6, 6.07) is 18.8. The Balaban J connectivity index is 1.65. The molecule has 0 aliphatic carbocycles. The first-order chi connectivity index (χ1) is 15.3. The largest absolute Gasteiger partial charge is 0.475 e. The van der Waals surface area contributed by atoms with Gasteiger partial charge in [0.25, 0.3) is 15.9 Å². The van der Waals surface area contributed by atoms with Crippen molar-refractivity contribution in [3.05, 3.63) is 89.0 Å². The molecule has 0 fully saturated rings. The second kappa shape index (κ2) is 8.84. The van der Waals surface area contributed by atoms with E-state index in [1.54, 1.807) is 49.4 Å². The Morgan fingerprint density at radius 3 is 2.38 bits per heavy atom. The minimum absolute atomic E-state index is 0.123. The normalized spacial score (nSPS) is 13.2. The van der Waals surface area contributed by atoms with Crippen LogP contribution in [0.5, 0.6) is 0 Å². The molecule has 0 bridgehead atoms. The van der Waals surface area contributed by atoms with Gasteiger partial charge in [-0.05, 0) is 49.7 Å². The van der Waals surface area contributed by atoms with Gasteiger partial charge in [0, 0.05) is 0 Å². The van der Waals surface area contributed by atoms with E-state index in [4.69, 9.17) is 4.74 Å². The highest BCUT2D eigenvalue weighted by Crippen LogP contribution is 2.26. The molecule has 0 radical (unpaired) electrons. The number of benzene rings is 3. The maximum atomic E-state index is 13.3. The summed E-state index contributed by atoms with van der Waals surface area (Å²) in [5.41, 5.74) is 3.25. The number of hydrogen-bond acceptors (Lipinski definition) is 5. The lowest BCUT2D eigenvalue weighted by Crippen LogP contribution is -2.20. The number of sulfonamides is 1. The molecule has 1 aliphatic heterocycles. The van der Waals surface area contributed by atoms with Gasteiger partial charge in [0.2, 0.25) is 5.90 Å². The first kappa shape index (κ1) is 21.6. The fraction of sp³-hybridized carbons (Fsp3) is 0.167. The topological polar surface area (TPSA) is 96.9 Å². The van der Waals surface area contributed by atoms with Gasteiger partial charge in [0.1, 0.15) is 6.61 Å². The van der Waals surface area contributed by atoms with Gasteiger partial charge in [-0.3, -0.25) is 9.52 Å². The zero-order valence-electron chi connectivity index (χ0n) is 17.8. The lowest BCUT2D eigenvalue weighted by atomic mass is 10.1. The van der Waals surface area contributed by atoms with Crippen LogP contribution in [-0.4, -0.2) is 33.4 Å². The number of anilines is 2. The van der Waals surface area contributed by atoms with E-state index in [0.29, 0.717) is 35.9 Å². The maximum absolute atomic E-state index is 13.3. The van der Waals surface area contributed by atoms with E-state index >= 15 is 0 Å². The predicted octanol–water partition coefficient (Wildman–Crippen LogP) is 4.13. The number of aryl methyl sites for hydroxylation is 2. The lowest BCUT2D eigenvalue weighted by Gasteiger charge is -2.16. The van der Waals surface area contributed by atoms with Crippen LogP contribution in [0, 0.1) is 13.8 Å². The Kier molecular flexibility index (Phi) is 5.96. The second-order valence-corrected chi connectivity index (χ2v) is 9.13. The standard InChI is InChI=1S/C24H23N3O4S/c1-16-10-12-18(13-11-16)32(29,30)27-21-9-5-6-17(2)22(21)23(28)26-20-8-4-3-7-19(20)24-25-14-15-31-24/h3-13,27H,14-15H2,1-2H3,(H,26,28). The highest BCUT2D eigenvalue weighted by atomic mass is 32.2. The van der Waals surface area contributed by atoms with Crippen LogP contribution < -0.4 is 10.0 Å². The quantitative estimate of drug-likeness (QED) is 0.591. The number of rotatable bonds is 6. The van der Waals surface area contributed by atoms with Gasteiger partial charge in [0.05, 0.1) is 33.9 Å². The third kappa shape index (κ3) is 4.50. The average molecular weight is 450 g/mol. The highest BCUT2D eigenvalue weighted by molar-refractivity contribution is 7.92. The van der Waals surface area contributed by atoms with Crippen LogP contribution in [0.25, 0.3) is 0 Å². The van der Waals surface area contributed by atoms with Crippen LogP contribution in [0.2, 0.25) is 0 Å². The molecule has 1 aliphatic rings. The Morgan fingerprint density at radius 1 is 0.938 bits per heavy atom. The van der Waals surface area contributed by atoms with Crippen LogP contribution in [0.4, 0.5) is 11.4 Å². The van der Waals surface area contributed by atoms with Crippen molar-refractivity contribution in [2.75, 3.05) is 23.2 Å². The lowest BCUT2D eigenvalue weighted by molar-refractivity contribution is 0.102. The molecular formula is C24H23N3O4S. The van der Waals surface area contributed by atoms with Crippen molar-refractivity contribution in [1.29, 1.82) is 0 Å². The molecule has 0 aromatic heterocycles. The Bertz CT molecular complexity index is 1300. The SMILES string of the molecule is Cc1ccc(S(=O)(=O)Nc2cccc(C)c2C(=O)Nc2ccccc2C2=NCCO2)cc1. The zero-order valence-corrected chi connectivity index (χ0v) is 18.6. The summed E-state index contributed by atoms with van der Waals surface area (Å²) in [5, 5.41) is 2.88. The summed E-state index contributed by atoms with van der Waals surface area (Å²) in [5.74, 6) is 0.0433. The van der Waals surface area contributed by atoms with E-state index < -0.39 is 15.9 Å². The van der Waals surface area contributed by atoms with Gasteiger partial charge in [-0.2, -0.15) is 0 Å². The summed E-state index contributed by atoms with van der Waals surface area (Å²) in [6.45, 7) is 4.71. The van der Waals surface area contributed by atoms with E-state index in [0.717, 1.165) is 5.56 Å². The molecular weight excluding hydrogens is 426 g/mol. The minimum atomic E-state index is -3.87. The molecule has 2 N–H and O–H groups in total. The summed E-state index contributed by atoms with van der Waals surface area (Å²) in [4.78, 5) is 17.7. The molecule has 3 aromatic rings. The molecule has 0 saturated carbocycles. The van der Waals surface area contributed by atoms with Crippen molar-refractivity contribution >= 4 is 33.2 Å². The van der Waals surface area contributed by atoms with Crippen LogP contribution in [0.15, 0.2) is 76.6 Å². The molecule has 4 rings (SSSR count). The van der Waals surface area contributed by atoms with E-state index in [-0.39, 0.29) is 16.1 Å². The Labute approximate surface area is 187 Å². The van der Waals surface area contributed by atoms with E-state index in [1.165, 1.54) is 12.1 Å². The van der Waals surface area contributed by atoms with Gasteiger partial charge < -0.3 is 10.1 Å².